The minimum Gasteiger partial charge on any atom is -0.462 e. The van der Waals surface area contributed by atoms with Crippen LogP contribution in [-0.2, 0) is 18.3 Å². The molecule has 0 fully saturated rings. The zero-order chi connectivity index (χ0) is 17.3. The van der Waals surface area contributed by atoms with Crippen molar-refractivity contribution in [2.75, 3.05) is 11.9 Å². The molecule has 3 heterocycles. The zero-order valence-corrected chi connectivity index (χ0v) is 14.9. The van der Waals surface area contributed by atoms with Crippen molar-refractivity contribution in [3.05, 3.63) is 34.2 Å². The number of ether oxygens (including phenoxy) is 1. The molecule has 0 saturated heterocycles. The molecule has 0 spiro atoms. The lowest BCUT2D eigenvalue weighted by Crippen LogP contribution is -2.05. The van der Waals surface area contributed by atoms with Gasteiger partial charge < -0.3 is 10.1 Å². The van der Waals surface area contributed by atoms with E-state index in [1.165, 1.54) is 17.7 Å². The highest BCUT2D eigenvalue weighted by Gasteiger charge is 2.20. The van der Waals surface area contributed by atoms with Gasteiger partial charge in [0.1, 0.15) is 21.9 Å². The number of carbonyl (C=O) groups is 1. The van der Waals surface area contributed by atoms with Crippen LogP contribution in [0.4, 0.5) is 5.82 Å². The van der Waals surface area contributed by atoms with Crippen LogP contribution in [0, 0.1) is 13.8 Å². The number of anilines is 1. The number of aryl methyl sites for hydroxylation is 2. The lowest BCUT2D eigenvalue weighted by molar-refractivity contribution is 0.0531. The first-order chi connectivity index (χ1) is 11.5. The SMILES string of the molecule is CCOC(=O)c1sc2ncnc(NCc3cnn(C)c3C)c2c1C. The maximum absolute atomic E-state index is 12.1. The Morgan fingerprint density at radius 2 is 2.17 bits per heavy atom. The molecule has 0 aliphatic carbocycles. The Labute approximate surface area is 143 Å². The highest BCUT2D eigenvalue weighted by molar-refractivity contribution is 7.20. The number of nitrogens with zero attached hydrogens (tertiary/aromatic N) is 4. The number of esters is 1. The fourth-order valence-corrected chi connectivity index (χ4v) is 3.54. The van der Waals surface area contributed by atoms with Crippen LogP contribution >= 0.6 is 11.3 Å². The lowest BCUT2D eigenvalue weighted by Gasteiger charge is -2.07. The van der Waals surface area contributed by atoms with Gasteiger partial charge in [0, 0.05) is 24.8 Å². The Kier molecular flexibility index (Phi) is 4.48. The Morgan fingerprint density at radius 1 is 1.38 bits per heavy atom. The molecule has 3 aromatic heterocycles. The third-order valence-electron chi connectivity index (χ3n) is 3.97. The molecule has 0 amide bonds. The van der Waals surface area contributed by atoms with E-state index in [0.717, 1.165) is 27.0 Å². The summed E-state index contributed by atoms with van der Waals surface area (Å²) in [7, 11) is 1.91. The molecule has 24 heavy (non-hydrogen) atoms. The van der Waals surface area contributed by atoms with E-state index in [4.69, 9.17) is 4.74 Å². The summed E-state index contributed by atoms with van der Waals surface area (Å²) in [5.74, 6) is 0.402. The molecule has 0 aromatic carbocycles. The molecule has 0 aliphatic heterocycles. The van der Waals surface area contributed by atoms with Gasteiger partial charge in [0.15, 0.2) is 0 Å². The van der Waals surface area contributed by atoms with Gasteiger partial charge in [0.05, 0.1) is 18.2 Å². The first kappa shape index (κ1) is 16.4. The van der Waals surface area contributed by atoms with Crippen LogP contribution in [0.2, 0.25) is 0 Å². The molecule has 3 aromatic rings. The Morgan fingerprint density at radius 3 is 2.83 bits per heavy atom. The number of carbonyl (C=O) groups excluding carboxylic acids is 1. The van der Waals surface area contributed by atoms with Gasteiger partial charge in [-0.2, -0.15) is 5.10 Å². The summed E-state index contributed by atoms with van der Waals surface area (Å²) in [4.78, 5) is 22.1. The van der Waals surface area contributed by atoms with Crippen LogP contribution in [0.3, 0.4) is 0 Å². The molecule has 1 N–H and O–H groups in total. The monoisotopic (exact) mass is 345 g/mol. The van der Waals surface area contributed by atoms with Gasteiger partial charge in [0.25, 0.3) is 0 Å². The van der Waals surface area contributed by atoms with Crippen molar-refractivity contribution in [2.24, 2.45) is 7.05 Å². The lowest BCUT2D eigenvalue weighted by atomic mass is 10.2. The standard InChI is InChI=1S/C16H19N5O2S/c1-5-23-16(22)13-9(2)12-14(18-8-19-15(12)24-13)17-6-11-7-20-21(4)10(11)3/h7-8H,5-6H2,1-4H3,(H,17,18,19). The summed E-state index contributed by atoms with van der Waals surface area (Å²) < 4.78 is 6.95. The van der Waals surface area contributed by atoms with Crippen LogP contribution in [0.15, 0.2) is 12.5 Å². The van der Waals surface area contributed by atoms with Gasteiger partial charge in [-0.3, -0.25) is 4.68 Å². The molecule has 0 aliphatic rings. The number of fused-ring (bicyclic) bond motifs is 1. The van der Waals surface area contributed by atoms with Crippen LogP contribution < -0.4 is 5.32 Å². The first-order valence-corrected chi connectivity index (χ1v) is 8.47. The van der Waals surface area contributed by atoms with E-state index in [9.17, 15) is 4.79 Å². The minimum absolute atomic E-state index is 0.313. The maximum atomic E-state index is 12.1. The fourth-order valence-electron chi connectivity index (χ4n) is 2.49. The predicted octanol–water partition coefficient (Wildman–Crippen LogP) is 2.83. The van der Waals surface area contributed by atoms with Crippen LogP contribution in [0.5, 0.6) is 0 Å². The van der Waals surface area contributed by atoms with Gasteiger partial charge in [0.2, 0.25) is 0 Å². The van der Waals surface area contributed by atoms with Gasteiger partial charge in [-0.05, 0) is 26.3 Å². The third kappa shape index (κ3) is 2.84. The van der Waals surface area contributed by atoms with Crippen molar-refractivity contribution in [2.45, 2.75) is 27.3 Å². The highest BCUT2D eigenvalue weighted by Crippen LogP contribution is 2.33. The number of hydrogen-bond acceptors (Lipinski definition) is 7. The van der Waals surface area contributed by atoms with E-state index in [-0.39, 0.29) is 5.97 Å². The Bertz CT molecular complexity index is 899. The average molecular weight is 345 g/mol. The second-order valence-electron chi connectivity index (χ2n) is 5.41. The van der Waals surface area contributed by atoms with Crippen LogP contribution in [0.1, 0.15) is 33.4 Å². The van der Waals surface area contributed by atoms with Crippen molar-refractivity contribution in [1.82, 2.24) is 19.7 Å². The van der Waals surface area contributed by atoms with Crippen molar-refractivity contribution in [3.8, 4) is 0 Å². The molecule has 0 saturated carbocycles. The summed E-state index contributed by atoms with van der Waals surface area (Å²) in [6.45, 7) is 6.67. The largest absolute Gasteiger partial charge is 0.462 e. The fraction of sp³-hybridized carbons (Fsp3) is 0.375. The van der Waals surface area contributed by atoms with Crippen LogP contribution in [0.25, 0.3) is 10.2 Å². The van der Waals surface area contributed by atoms with E-state index in [2.05, 4.69) is 20.4 Å². The average Bonchev–Trinajstić information content (AvgIpc) is 3.07. The van der Waals surface area contributed by atoms with Crippen molar-refractivity contribution < 1.29 is 9.53 Å². The summed E-state index contributed by atoms with van der Waals surface area (Å²) in [6.07, 6.45) is 3.34. The van der Waals surface area contributed by atoms with Crippen molar-refractivity contribution in [3.63, 3.8) is 0 Å². The molecular weight excluding hydrogens is 326 g/mol. The second kappa shape index (κ2) is 6.56. The maximum Gasteiger partial charge on any atom is 0.348 e. The van der Waals surface area contributed by atoms with E-state index in [1.807, 2.05) is 31.8 Å². The molecule has 0 bridgehead atoms. The molecule has 126 valence electrons. The Hall–Kier alpha value is -2.48. The topological polar surface area (TPSA) is 81.9 Å². The summed E-state index contributed by atoms with van der Waals surface area (Å²) >= 11 is 1.33. The molecule has 0 atom stereocenters. The van der Waals surface area contributed by atoms with E-state index >= 15 is 0 Å². The predicted molar refractivity (Wildman–Crippen MR) is 93.4 cm³/mol. The first-order valence-electron chi connectivity index (χ1n) is 7.65. The minimum atomic E-state index is -0.313. The van der Waals surface area contributed by atoms with E-state index in [1.54, 1.807) is 6.92 Å². The molecule has 0 radical (unpaired) electrons. The van der Waals surface area contributed by atoms with Gasteiger partial charge in [-0.15, -0.1) is 11.3 Å². The third-order valence-corrected chi connectivity index (χ3v) is 5.15. The highest BCUT2D eigenvalue weighted by atomic mass is 32.1. The van der Waals surface area contributed by atoms with Crippen molar-refractivity contribution in [1.29, 1.82) is 0 Å². The summed E-state index contributed by atoms with van der Waals surface area (Å²) in [6, 6.07) is 0. The Balaban J connectivity index is 1.93. The van der Waals surface area contributed by atoms with Gasteiger partial charge >= 0.3 is 5.97 Å². The molecule has 8 heteroatoms. The zero-order valence-electron chi connectivity index (χ0n) is 14.1. The summed E-state index contributed by atoms with van der Waals surface area (Å²) in [5.41, 5.74) is 3.05. The number of nitrogens with one attached hydrogen (secondary N) is 1. The molecule has 7 nitrogen and oxygen atoms in total. The molecular formula is C16H19N5O2S. The van der Waals surface area contributed by atoms with Gasteiger partial charge in [-0.1, -0.05) is 0 Å². The van der Waals surface area contributed by atoms with Gasteiger partial charge in [-0.25, -0.2) is 14.8 Å². The van der Waals surface area contributed by atoms with E-state index in [0.29, 0.717) is 23.8 Å². The molecule has 3 rings (SSSR count). The number of aromatic nitrogens is 4. The summed E-state index contributed by atoms with van der Waals surface area (Å²) in [5, 5.41) is 8.44. The van der Waals surface area contributed by atoms with Crippen LogP contribution in [-0.4, -0.2) is 32.3 Å². The number of hydrogen-bond donors (Lipinski definition) is 1. The van der Waals surface area contributed by atoms with Crippen molar-refractivity contribution >= 4 is 33.3 Å². The smallest absolute Gasteiger partial charge is 0.348 e. The normalized spacial score (nSPS) is 11.0. The molecule has 0 unspecified atom stereocenters. The number of thiophene rings is 1. The number of rotatable bonds is 5. The quantitative estimate of drug-likeness (QED) is 0.716. The second-order valence-corrected chi connectivity index (χ2v) is 6.41. The van der Waals surface area contributed by atoms with E-state index < -0.39 is 0 Å².